The molecule has 0 unspecified atom stereocenters. The van der Waals surface area contributed by atoms with Gasteiger partial charge in [0.1, 0.15) is 6.04 Å². The van der Waals surface area contributed by atoms with E-state index in [1.54, 1.807) is 27.7 Å². The molecule has 218 valence electrons. The van der Waals surface area contributed by atoms with E-state index < -0.39 is 18.0 Å². The maximum absolute atomic E-state index is 11.7. The lowest BCUT2D eigenvalue weighted by Crippen LogP contribution is -2.41. The third-order valence-electron chi connectivity index (χ3n) is 5.43. The molecule has 0 spiro atoms. The van der Waals surface area contributed by atoms with Crippen LogP contribution in [0.5, 0.6) is 0 Å². The molecule has 10 heteroatoms. The molecule has 0 aliphatic heterocycles. The van der Waals surface area contributed by atoms with Gasteiger partial charge in [-0.2, -0.15) is 0 Å². The molecule has 0 heterocycles. The van der Waals surface area contributed by atoms with Crippen molar-refractivity contribution in [3.63, 3.8) is 0 Å². The summed E-state index contributed by atoms with van der Waals surface area (Å²) >= 11 is 0. The van der Waals surface area contributed by atoms with Crippen molar-refractivity contribution in [3.8, 4) is 0 Å². The Morgan fingerprint density at radius 2 is 1.00 bits per heavy atom. The SMILES string of the molecule is CC(C)C(N)=O.CC(C)C(N)=O.CCCCCCCCCCCCCC(=O)N[C@@H](CCC(=O)O)C(=O)O. The summed E-state index contributed by atoms with van der Waals surface area (Å²) in [4.78, 5) is 53.1. The van der Waals surface area contributed by atoms with E-state index in [9.17, 15) is 24.0 Å². The Hall–Kier alpha value is -2.65. The normalized spacial score (nSPS) is 11.0. The minimum atomic E-state index is -1.19. The first-order valence-electron chi connectivity index (χ1n) is 13.6. The van der Waals surface area contributed by atoms with E-state index in [1.165, 1.54) is 51.4 Å². The number of primary amides is 2. The zero-order chi connectivity index (χ0) is 29.2. The first-order chi connectivity index (χ1) is 17.3. The number of carboxylic acid groups (broad SMARTS) is 2. The largest absolute Gasteiger partial charge is 0.481 e. The molecule has 0 saturated heterocycles. The molecular formula is C27H53N3O7. The number of rotatable bonds is 19. The standard InChI is InChI=1S/C19H35NO5.2C4H9NO/c1-2-3-4-5-6-7-8-9-10-11-12-13-17(21)20-16(19(24)25)14-15-18(22)23;2*1-3(2)4(5)6/h16H,2-15H2,1H3,(H,20,21)(H,22,23)(H,24,25);2*3H,1-2H3,(H2,5,6)/t16-;;/m0../s1. The van der Waals surface area contributed by atoms with Crippen LogP contribution in [0.3, 0.4) is 0 Å². The van der Waals surface area contributed by atoms with Gasteiger partial charge in [0.2, 0.25) is 17.7 Å². The number of hydrogen-bond acceptors (Lipinski definition) is 5. The highest BCUT2D eigenvalue weighted by Gasteiger charge is 2.20. The molecule has 0 aromatic heterocycles. The van der Waals surface area contributed by atoms with Crippen molar-refractivity contribution in [2.75, 3.05) is 0 Å². The molecule has 0 saturated carbocycles. The second kappa shape index (κ2) is 26.4. The van der Waals surface area contributed by atoms with Gasteiger partial charge in [0, 0.05) is 24.7 Å². The molecule has 10 nitrogen and oxygen atoms in total. The minimum absolute atomic E-state index is 0.00926. The summed E-state index contributed by atoms with van der Waals surface area (Å²) in [6.45, 7) is 9.29. The van der Waals surface area contributed by atoms with Crippen LogP contribution < -0.4 is 16.8 Å². The summed E-state index contributed by atoms with van der Waals surface area (Å²) in [5.41, 5.74) is 9.59. The second-order valence-electron chi connectivity index (χ2n) is 9.79. The number of carbonyl (C=O) groups excluding carboxylic acids is 3. The lowest BCUT2D eigenvalue weighted by Gasteiger charge is -2.13. The Balaban J connectivity index is -0.000000790. The van der Waals surface area contributed by atoms with E-state index in [0.717, 1.165) is 19.3 Å². The van der Waals surface area contributed by atoms with Crippen LogP contribution in [0.25, 0.3) is 0 Å². The number of nitrogens with one attached hydrogen (secondary N) is 1. The summed E-state index contributed by atoms with van der Waals surface area (Å²) in [6, 6.07) is -1.11. The van der Waals surface area contributed by atoms with Crippen molar-refractivity contribution in [1.29, 1.82) is 0 Å². The van der Waals surface area contributed by atoms with Crippen molar-refractivity contribution >= 4 is 29.7 Å². The van der Waals surface area contributed by atoms with Crippen molar-refractivity contribution in [2.45, 2.75) is 131 Å². The van der Waals surface area contributed by atoms with E-state index in [0.29, 0.717) is 6.42 Å². The van der Waals surface area contributed by atoms with Crippen LogP contribution in [0.2, 0.25) is 0 Å². The van der Waals surface area contributed by atoms with Crippen LogP contribution in [0.15, 0.2) is 0 Å². The predicted molar refractivity (Wildman–Crippen MR) is 146 cm³/mol. The molecular weight excluding hydrogens is 478 g/mol. The van der Waals surface area contributed by atoms with Crippen LogP contribution in [0.4, 0.5) is 0 Å². The maximum Gasteiger partial charge on any atom is 0.326 e. The molecule has 0 aromatic rings. The van der Waals surface area contributed by atoms with Crippen LogP contribution in [-0.4, -0.2) is 45.9 Å². The van der Waals surface area contributed by atoms with Gasteiger partial charge in [-0.3, -0.25) is 19.2 Å². The summed E-state index contributed by atoms with van der Waals surface area (Å²) < 4.78 is 0. The minimum Gasteiger partial charge on any atom is -0.481 e. The van der Waals surface area contributed by atoms with Crippen molar-refractivity contribution in [2.24, 2.45) is 23.3 Å². The van der Waals surface area contributed by atoms with Gasteiger partial charge in [0.25, 0.3) is 0 Å². The van der Waals surface area contributed by atoms with Crippen molar-refractivity contribution in [1.82, 2.24) is 5.32 Å². The Kier molecular flexibility index (Phi) is 27.8. The van der Waals surface area contributed by atoms with Gasteiger partial charge < -0.3 is 27.0 Å². The highest BCUT2D eigenvalue weighted by atomic mass is 16.4. The lowest BCUT2D eigenvalue weighted by atomic mass is 10.0. The Morgan fingerprint density at radius 1 is 0.649 bits per heavy atom. The second-order valence-corrected chi connectivity index (χ2v) is 9.79. The van der Waals surface area contributed by atoms with Crippen molar-refractivity contribution in [3.05, 3.63) is 0 Å². The fourth-order valence-electron chi connectivity index (χ4n) is 2.74. The number of carbonyl (C=O) groups is 5. The van der Waals surface area contributed by atoms with E-state index in [4.69, 9.17) is 21.7 Å². The number of nitrogens with two attached hydrogens (primary N) is 2. The highest BCUT2D eigenvalue weighted by molar-refractivity contribution is 5.83. The number of aliphatic carboxylic acids is 2. The molecule has 0 rings (SSSR count). The molecule has 3 amide bonds. The zero-order valence-electron chi connectivity index (χ0n) is 23.7. The molecule has 0 aromatic carbocycles. The first-order valence-corrected chi connectivity index (χ1v) is 13.6. The topological polar surface area (TPSA) is 190 Å². The highest BCUT2D eigenvalue weighted by Crippen LogP contribution is 2.12. The smallest absolute Gasteiger partial charge is 0.326 e. The van der Waals surface area contributed by atoms with Gasteiger partial charge in [-0.05, 0) is 12.8 Å². The molecule has 0 bridgehead atoms. The van der Waals surface area contributed by atoms with Gasteiger partial charge in [-0.1, -0.05) is 98.8 Å². The number of amides is 3. The van der Waals surface area contributed by atoms with Gasteiger partial charge in [0.15, 0.2) is 0 Å². The Morgan fingerprint density at radius 3 is 1.30 bits per heavy atom. The maximum atomic E-state index is 11.7. The summed E-state index contributed by atoms with van der Waals surface area (Å²) in [5, 5.41) is 20.0. The van der Waals surface area contributed by atoms with E-state index >= 15 is 0 Å². The van der Waals surface area contributed by atoms with Crippen LogP contribution in [-0.2, 0) is 24.0 Å². The summed E-state index contributed by atoms with van der Waals surface area (Å²) in [7, 11) is 0. The zero-order valence-corrected chi connectivity index (χ0v) is 23.7. The Labute approximate surface area is 223 Å². The number of hydrogen-bond donors (Lipinski definition) is 5. The van der Waals surface area contributed by atoms with Gasteiger partial charge in [-0.15, -0.1) is 0 Å². The molecule has 37 heavy (non-hydrogen) atoms. The van der Waals surface area contributed by atoms with Gasteiger partial charge >= 0.3 is 11.9 Å². The molecule has 0 aliphatic carbocycles. The molecule has 7 N–H and O–H groups in total. The van der Waals surface area contributed by atoms with E-state index in [-0.39, 0.29) is 42.4 Å². The van der Waals surface area contributed by atoms with E-state index in [1.807, 2.05) is 0 Å². The average Bonchev–Trinajstić information content (AvgIpc) is 2.80. The van der Waals surface area contributed by atoms with E-state index in [2.05, 4.69) is 12.2 Å². The summed E-state index contributed by atoms with van der Waals surface area (Å²) in [6.07, 6.45) is 13.1. The molecule has 0 fully saturated rings. The first kappa shape index (κ1) is 38.9. The van der Waals surface area contributed by atoms with Gasteiger partial charge in [0.05, 0.1) is 0 Å². The predicted octanol–water partition coefficient (Wildman–Crippen LogP) is 4.38. The Bertz CT molecular complexity index is 619. The van der Waals surface area contributed by atoms with Crippen LogP contribution in [0.1, 0.15) is 125 Å². The quantitative estimate of drug-likeness (QED) is 0.153. The van der Waals surface area contributed by atoms with Crippen LogP contribution >= 0.6 is 0 Å². The fraction of sp³-hybridized carbons (Fsp3) is 0.815. The van der Waals surface area contributed by atoms with Crippen LogP contribution in [0, 0.1) is 11.8 Å². The number of unbranched alkanes of at least 4 members (excludes halogenated alkanes) is 10. The number of carboxylic acids is 2. The lowest BCUT2D eigenvalue weighted by molar-refractivity contribution is -0.143. The van der Waals surface area contributed by atoms with Crippen molar-refractivity contribution < 1.29 is 34.2 Å². The fourth-order valence-corrected chi connectivity index (χ4v) is 2.74. The molecule has 1 atom stereocenters. The molecule has 0 aliphatic rings. The third-order valence-corrected chi connectivity index (χ3v) is 5.43. The molecule has 0 radical (unpaired) electrons. The summed E-state index contributed by atoms with van der Waals surface area (Å²) in [5.74, 6) is -3.06. The third kappa shape index (κ3) is 33.3. The van der Waals surface area contributed by atoms with Gasteiger partial charge in [-0.25, -0.2) is 4.79 Å². The monoisotopic (exact) mass is 531 g/mol. The average molecular weight is 532 g/mol.